The van der Waals surface area contributed by atoms with Crippen LogP contribution in [0.4, 0.5) is 5.82 Å². The van der Waals surface area contributed by atoms with Crippen molar-refractivity contribution < 1.29 is 0 Å². The maximum absolute atomic E-state index is 9.14. The minimum absolute atomic E-state index is 0.602. The third kappa shape index (κ3) is 3.33. The van der Waals surface area contributed by atoms with Crippen LogP contribution in [-0.2, 0) is 6.54 Å². The summed E-state index contributed by atoms with van der Waals surface area (Å²) in [5.74, 6) is 0.727. The summed E-state index contributed by atoms with van der Waals surface area (Å²) < 4.78 is 1.06. The van der Waals surface area contributed by atoms with E-state index in [2.05, 4.69) is 39.1 Å². The lowest BCUT2D eigenvalue weighted by molar-refractivity contribution is 0.889. The molecule has 0 fully saturated rings. The molecular weight excluding hydrogens is 302 g/mol. The second-order valence-corrected chi connectivity index (χ2v) is 5.33. The van der Waals surface area contributed by atoms with Gasteiger partial charge in [-0.3, -0.25) is 0 Å². The predicted molar refractivity (Wildman–Crippen MR) is 79.9 cm³/mol. The number of rotatable bonds is 3. The maximum Gasteiger partial charge on any atom is 0.146 e. The first-order valence-corrected chi connectivity index (χ1v) is 6.73. The molecule has 0 unspecified atom stereocenters. The van der Waals surface area contributed by atoms with Crippen LogP contribution >= 0.6 is 15.9 Å². The molecule has 0 aliphatic rings. The summed E-state index contributed by atoms with van der Waals surface area (Å²) in [6, 6.07) is 14.0. The Morgan fingerprint density at radius 3 is 2.53 bits per heavy atom. The maximum atomic E-state index is 9.14. The van der Waals surface area contributed by atoms with E-state index in [1.54, 1.807) is 0 Å². The van der Waals surface area contributed by atoms with E-state index in [1.807, 2.05) is 43.1 Å². The van der Waals surface area contributed by atoms with Crippen LogP contribution in [0.15, 0.2) is 40.9 Å². The Labute approximate surface area is 121 Å². The number of nitriles is 1. The molecule has 96 valence electrons. The van der Waals surface area contributed by atoms with Gasteiger partial charge in [-0.05, 0) is 36.8 Å². The number of anilines is 1. The Bertz CT molecular complexity index is 614. The van der Waals surface area contributed by atoms with Gasteiger partial charge in [-0.2, -0.15) is 5.26 Å². The van der Waals surface area contributed by atoms with Crippen LogP contribution in [0.3, 0.4) is 0 Å². The van der Waals surface area contributed by atoms with Crippen molar-refractivity contribution in [2.45, 2.75) is 13.5 Å². The number of aromatic nitrogens is 1. The zero-order valence-corrected chi connectivity index (χ0v) is 12.5. The first-order chi connectivity index (χ1) is 9.10. The smallest absolute Gasteiger partial charge is 0.146 e. The molecule has 0 saturated heterocycles. The van der Waals surface area contributed by atoms with Crippen molar-refractivity contribution in [2.24, 2.45) is 0 Å². The standard InChI is InChI=1S/C15H14BrN3/c1-11-3-6-13(9-17)15(18-11)19(2)10-12-4-7-14(16)8-5-12/h3-8H,10H2,1-2H3. The molecule has 1 heterocycles. The lowest BCUT2D eigenvalue weighted by Gasteiger charge is -2.19. The van der Waals surface area contributed by atoms with E-state index in [0.717, 1.165) is 22.5 Å². The fourth-order valence-corrected chi connectivity index (χ4v) is 2.12. The van der Waals surface area contributed by atoms with Crippen molar-refractivity contribution >= 4 is 21.7 Å². The van der Waals surface area contributed by atoms with Gasteiger partial charge < -0.3 is 4.90 Å². The molecule has 19 heavy (non-hydrogen) atoms. The van der Waals surface area contributed by atoms with E-state index in [-0.39, 0.29) is 0 Å². The second-order valence-electron chi connectivity index (χ2n) is 4.42. The summed E-state index contributed by atoms with van der Waals surface area (Å²) in [5.41, 5.74) is 2.69. The zero-order chi connectivity index (χ0) is 13.8. The molecule has 2 rings (SSSR count). The molecule has 0 amide bonds. The van der Waals surface area contributed by atoms with Gasteiger partial charge in [0.05, 0.1) is 5.56 Å². The lowest BCUT2D eigenvalue weighted by atomic mass is 10.2. The fourth-order valence-electron chi connectivity index (χ4n) is 1.86. The van der Waals surface area contributed by atoms with Gasteiger partial charge in [-0.25, -0.2) is 4.98 Å². The summed E-state index contributed by atoms with van der Waals surface area (Å²) >= 11 is 3.42. The normalized spacial score (nSPS) is 10.0. The third-order valence-electron chi connectivity index (χ3n) is 2.83. The Balaban J connectivity index is 2.25. The first-order valence-electron chi connectivity index (χ1n) is 5.93. The number of hydrogen-bond donors (Lipinski definition) is 0. The number of pyridine rings is 1. The summed E-state index contributed by atoms with van der Waals surface area (Å²) in [6.07, 6.45) is 0. The van der Waals surface area contributed by atoms with E-state index in [4.69, 9.17) is 5.26 Å². The second kappa shape index (κ2) is 5.85. The van der Waals surface area contributed by atoms with E-state index in [0.29, 0.717) is 5.56 Å². The summed E-state index contributed by atoms with van der Waals surface area (Å²) in [4.78, 5) is 6.45. The third-order valence-corrected chi connectivity index (χ3v) is 3.36. The Kier molecular flexibility index (Phi) is 4.18. The highest BCUT2D eigenvalue weighted by molar-refractivity contribution is 9.10. The minimum Gasteiger partial charge on any atom is -0.354 e. The minimum atomic E-state index is 0.602. The van der Waals surface area contributed by atoms with Gasteiger partial charge >= 0.3 is 0 Å². The van der Waals surface area contributed by atoms with Crippen LogP contribution in [0.1, 0.15) is 16.8 Å². The van der Waals surface area contributed by atoms with E-state index in [1.165, 1.54) is 5.56 Å². The molecule has 0 aliphatic carbocycles. The molecule has 0 N–H and O–H groups in total. The van der Waals surface area contributed by atoms with Gasteiger partial charge in [-0.15, -0.1) is 0 Å². The van der Waals surface area contributed by atoms with Crippen molar-refractivity contribution in [2.75, 3.05) is 11.9 Å². The lowest BCUT2D eigenvalue weighted by Crippen LogP contribution is -2.19. The SMILES string of the molecule is Cc1ccc(C#N)c(N(C)Cc2ccc(Br)cc2)n1. The average Bonchev–Trinajstić information content (AvgIpc) is 2.41. The molecular formula is C15H14BrN3. The van der Waals surface area contributed by atoms with Crippen molar-refractivity contribution in [1.82, 2.24) is 4.98 Å². The molecule has 1 aromatic carbocycles. The van der Waals surface area contributed by atoms with Crippen LogP contribution in [-0.4, -0.2) is 12.0 Å². The van der Waals surface area contributed by atoms with Crippen LogP contribution in [0.5, 0.6) is 0 Å². The summed E-state index contributed by atoms with van der Waals surface area (Å²) in [5, 5.41) is 9.14. The van der Waals surface area contributed by atoms with Gasteiger partial charge in [0, 0.05) is 23.8 Å². The van der Waals surface area contributed by atoms with Gasteiger partial charge in [0.15, 0.2) is 0 Å². The Morgan fingerprint density at radius 1 is 1.21 bits per heavy atom. The molecule has 3 nitrogen and oxygen atoms in total. The van der Waals surface area contributed by atoms with Crippen molar-refractivity contribution in [3.05, 3.63) is 57.7 Å². The predicted octanol–water partition coefficient (Wildman–Crippen LogP) is 3.66. The van der Waals surface area contributed by atoms with Gasteiger partial charge in [0.1, 0.15) is 11.9 Å². The number of hydrogen-bond acceptors (Lipinski definition) is 3. The molecule has 0 bridgehead atoms. The zero-order valence-electron chi connectivity index (χ0n) is 10.9. The molecule has 1 aromatic heterocycles. The highest BCUT2D eigenvalue weighted by atomic mass is 79.9. The van der Waals surface area contributed by atoms with E-state index >= 15 is 0 Å². The van der Waals surface area contributed by atoms with Crippen LogP contribution in [0, 0.1) is 18.3 Å². The molecule has 0 atom stereocenters. The van der Waals surface area contributed by atoms with Crippen LogP contribution < -0.4 is 4.90 Å². The fraction of sp³-hybridized carbons (Fsp3) is 0.200. The monoisotopic (exact) mass is 315 g/mol. The van der Waals surface area contributed by atoms with Gasteiger partial charge in [0.25, 0.3) is 0 Å². The number of benzene rings is 1. The molecule has 0 spiro atoms. The molecule has 0 radical (unpaired) electrons. The van der Waals surface area contributed by atoms with Gasteiger partial charge in [0.2, 0.25) is 0 Å². The Morgan fingerprint density at radius 2 is 1.89 bits per heavy atom. The first kappa shape index (κ1) is 13.6. The summed E-state index contributed by atoms with van der Waals surface area (Å²) in [6.45, 7) is 2.65. The van der Waals surface area contributed by atoms with Crippen LogP contribution in [0.2, 0.25) is 0 Å². The number of aryl methyl sites for hydroxylation is 1. The van der Waals surface area contributed by atoms with Gasteiger partial charge in [-0.1, -0.05) is 28.1 Å². The largest absolute Gasteiger partial charge is 0.354 e. The molecule has 4 heteroatoms. The summed E-state index contributed by atoms with van der Waals surface area (Å²) in [7, 11) is 1.95. The van der Waals surface area contributed by atoms with Crippen molar-refractivity contribution in [3.8, 4) is 6.07 Å². The topological polar surface area (TPSA) is 39.9 Å². The average molecular weight is 316 g/mol. The van der Waals surface area contributed by atoms with E-state index < -0.39 is 0 Å². The van der Waals surface area contributed by atoms with Crippen molar-refractivity contribution in [1.29, 1.82) is 5.26 Å². The quantitative estimate of drug-likeness (QED) is 0.867. The van der Waals surface area contributed by atoms with Crippen LogP contribution in [0.25, 0.3) is 0 Å². The highest BCUT2D eigenvalue weighted by Crippen LogP contribution is 2.19. The molecule has 0 saturated carbocycles. The highest BCUT2D eigenvalue weighted by Gasteiger charge is 2.09. The number of nitrogens with zero attached hydrogens (tertiary/aromatic N) is 3. The van der Waals surface area contributed by atoms with E-state index in [9.17, 15) is 0 Å². The Hall–Kier alpha value is -1.86. The molecule has 0 aliphatic heterocycles. The number of halogens is 1. The molecule has 2 aromatic rings. The van der Waals surface area contributed by atoms with Crippen molar-refractivity contribution in [3.63, 3.8) is 0 Å².